The third-order valence-electron chi connectivity index (χ3n) is 6.85. The van der Waals surface area contributed by atoms with Gasteiger partial charge in [0.15, 0.2) is 5.65 Å². The number of pyridine rings is 1. The fraction of sp³-hybridized carbons (Fsp3) is 0.346. The predicted octanol–water partition coefficient (Wildman–Crippen LogP) is 2.21. The quantitative estimate of drug-likeness (QED) is 0.410. The summed E-state index contributed by atoms with van der Waals surface area (Å²) in [6.07, 6.45) is 6.85. The number of carbonyl (C=O) groups is 1. The van der Waals surface area contributed by atoms with Crippen LogP contribution < -0.4 is 9.80 Å². The minimum absolute atomic E-state index is 0.0241. The topological polar surface area (TPSA) is 92.5 Å². The van der Waals surface area contributed by atoms with Gasteiger partial charge in [0, 0.05) is 74.7 Å². The van der Waals surface area contributed by atoms with E-state index in [1.54, 1.807) is 35.6 Å². The van der Waals surface area contributed by atoms with Crippen LogP contribution in [0.15, 0.2) is 55.2 Å². The molecular formula is C26H27FN8O2. The lowest BCUT2D eigenvalue weighted by molar-refractivity contribution is -0.132. The molecule has 3 aromatic heterocycles. The van der Waals surface area contributed by atoms with Crippen molar-refractivity contribution in [2.75, 3.05) is 62.3 Å². The monoisotopic (exact) mass is 502 g/mol. The van der Waals surface area contributed by atoms with Gasteiger partial charge in [0.05, 0.1) is 19.5 Å². The molecule has 4 aromatic rings. The molecule has 2 saturated heterocycles. The summed E-state index contributed by atoms with van der Waals surface area (Å²) in [5, 5.41) is 0. The number of fused-ring (bicyclic) bond motifs is 1. The number of hydrogen-bond donors (Lipinski definition) is 0. The van der Waals surface area contributed by atoms with Crippen LogP contribution in [0.3, 0.4) is 0 Å². The first kappa shape index (κ1) is 23.3. The highest BCUT2D eigenvalue weighted by atomic mass is 19.1. The first-order valence-corrected chi connectivity index (χ1v) is 12.4. The van der Waals surface area contributed by atoms with Crippen molar-refractivity contribution in [3.05, 3.63) is 61.1 Å². The Kier molecular flexibility index (Phi) is 6.35. The number of rotatable bonds is 5. The Morgan fingerprint density at radius 3 is 2.49 bits per heavy atom. The van der Waals surface area contributed by atoms with E-state index in [1.165, 1.54) is 12.1 Å². The second kappa shape index (κ2) is 10.1. The number of piperazine rings is 1. The number of halogens is 1. The van der Waals surface area contributed by atoms with E-state index in [0.29, 0.717) is 51.0 Å². The average molecular weight is 503 g/mol. The molecule has 0 radical (unpaired) electrons. The average Bonchev–Trinajstić information content (AvgIpc) is 3.36. The van der Waals surface area contributed by atoms with Gasteiger partial charge in [-0.15, -0.1) is 0 Å². The van der Waals surface area contributed by atoms with Crippen molar-refractivity contribution in [1.29, 1.82) is 0 Å². The van der Waals surface area contributed by atoms with Gasteiger partial charge < -0.3 is 24.0 Å². The van der Waals surface area contributed by atoms with Crippen molar-refractivity contribution in [2.24, 2.45) is 0 Å². The van der Waals surface area contributed by atoms with Crippen LogP contribution in [0.25, 0.3) is 22.3 Å². The molecule has 0 saturated carbocycles. The molecule has 0 unspecified atom stereocenters. The summed E-state index contributed by atoms with van der Waals surface area (Å²) in [5.74, 6) is 0.361. The van der Waals surface area contributed by atoms with Crippen LogP contribution in [0.5, 0.6) is 0 Å². The molecule has 1 aromatic carbocycles. The fourth-order valence-corrected chi connectivity index (χ4v) is 4.86. The summed E-state index contributed by atoms with van der Waals surface area (Å²) in [6.45, 7) is 5.43. The van der Waals surface area contributed by atoms with E-state index in [1.807, 2.05) is 17.0 Å². The molecule has 0 N–H and O–H groups in total. The molecule has 0 bridgehead atoms. The van der Waals surface area contributed by atoms with Gasteiger partial charge in [-0.2, -0.15) is 0 Å². The van der Waals surface area contributed by atoms with Crippen LogP contribution >= 0.6 is 0 Å². The number of morpholine rings is 1. The molecule has 10 nitrogen and oxygen atoms in total. The van der Waals surface area contributed by atoms with Crippen molar-refractivity contribution in [3.8, 4) is 11.1 Å². The third kappa shape index (κ3) is 4.82. The van der Waals surface area contributed by atoms with Crippen molar-refractivity contribution >= 4 is 28.7 Å². The zero-order valence-corrected chi connectivity index (χ0v) is 20.3. The Morgan fingerprint density at radius 2 is 1.70 bits per heavy atom. The standard InChI is InChI=1S/C26H27FN8O2/c27-20-3-4-23(21(14-20)19-15-29-26(30-16-19)34-10-12-37-13-11-34)32-6-8-33(9-7-32)24(36)17-35-18-31-22-2-1-5-28-25(22)35/h1-5,14-16,18H,6-13,17H2. The normalized spacial score (nSPS) is 16.4. The Morgan fingerprint density at radius 1 is 0.919 bits per heavy atom. The summed E-state index contributed by atoms with van der Waals surface area (Å²) in [7, 11) is 0. The van der Waals surface area contributed by atoms with Gasteiger partial charge >= 0.3 is 0 Å². The molecule has 0 atom stereocenters. The Hall–Kier alpha value is -4.12. The number of benzene rings is 1. The molecule has 0 aliphatic carbocycles. The summed E-state index contributed by atoms with van der Waals surface area (Å²) in [5.41, 5.74) is 3.87. The van der Waals surface area contributed by atoms with E-state index in [-0.39, 0.29) is 18.3 Å². The van der Waals surface area contributed by atoms with Crippen LogP contribution in [0.2, 0.25) is 0 Å². The lowest BCUT2D eigenvalue weighted by Crippen LogP contribution is -2.49. The molecule has 6 rings (SSSR count). The van der Waals surface area contributed by atoms with Crippen molar-refractivity contribution < 1.29 is 13.9 Å². The fourth-order valence-electron chi connectivity index (χ4n) is 4.86. The van der Waals surface area contributed by atoms with Gasteiger partial charge in [0.2, 0.25) is 11.9 Å². The number of anilines is 2. The lowest BCUT2D eigenvalue weighted by Gasteiger charge is -2.37. The molecular weight excluding hydrogens is 475 g/mol. The summed E-state index contributed by atoms with van der Waals surface area (Å²) in [6, 6.07) is 8.49. The third-order valence-corrected chi connectivity index (χ3v) is 6.85. The Labute approximate surface area is 213 Å². The maximum absolute atomic E-state index is 14.3. The van der Waals surface area contributed by atoms with Gasteiger partial charge in [-0.25, -0.2) is 24.3 Å². The SMILES string of the molecule is O=C(Cn1cnc2cccnc21)N1CCN(c2ccc(F)cc2-c2cnc(N3CCOCC3)nc2)CC1. The Balaban J connectivity index is 1.15. The first-order valence-electron chi connectivity index (χ1n) is 12.4. The van der Waals surface area contributed by atoms with Crippen LogP contribution in [-0.4, -0.2) is 87.8 Å². The van der Waals surface area contributed by atoms with Gasteiger partial charge in [0.25, 0.3) is 0 Å². The first-order chi connectivity index (χ1) is 18.2. The number of aromatic nitrogens is 5. The molecule has 2 aliphatic rings. The molecule has 190 valence electrons. The maximum atomic E-state index is 14.3. The maximum Gasteiger partial charge on any atom is 0.242 e. The molecule has 5 heterocycles. The van der Waals surface area contributed by atoms with Crippen LogP contribution in [-0.2, 0) is 16.1 Å². The zero-order chi connectivity index (χ0) is 25.2. The molecule has 2 aliphatic heterocycles. The van der Waals surface area contributed by atoms with Gasteiger partial charge in [-0.1, -0.05) is 0 Å². The number of carbonyl (C=O) groups excluding carboxylic acids is 1. The number of hydrogen-bond acceptors (Lipinski definition) is 8. The highest BCUT2D eigenvalue weighted by molar-refractivity contribution is 5.80. The summed E-state index contributed by atoms with van der Waals surface area (Å²) < 4.78 is 21.5. The van der Waals surface area contributed by atoms with Crippen molar-refractivity contribution in [3.63, 3.8) is 0 Å². The second-order valence-corrected chi connectivity index (χ2v) is 9.12. The van der Waals surface area contributed by atoms with E-state index < -0.39 is 0 Å². The zero-order valence-electron chi connectivity index (χ0n) is 20.3. The van der Waals surface area contributed by atoms with E-state index >= 15 is 0 Å². The van der Waals surface area contributed by atoms with E-state index in [0.717, 1.165) is 35.4 Å². The smallest absolute Gasteiger partial charge is 0.242 e. The van der Waals surface area contributed by atoms with Gasteiger partial charge in [0.1, 0.15) is 17.9 Å². The predicted molar refractivity (Wildman–Crippen MR) is 137 cm³/mol. The van der Waals surface area contributed by atoms with Gasteiger partial charge in [-0.05, 0) is 30.3 Å². The molecule has 2 fully saturated rings. The van der Waals surface area contributed by atoms with Crippen LogP contribution in [0, 0.1) is 5.82 Å². The van der Waals surface area contributed by atoms with Crippen LogP contribution in [0.1, 0.15) is 0 Å². The second-order valence-electron chi connectivity index (χ2n) is 9.12. The molecule has 37 heavy (non-hydrogen) atoms. The highest BCUT2D eigenvalue weighted by Gasteiger charge is 2.24. The van der Waals surface area contributed by atoms with E-state index in [2.05, 4.69) is 29.7 Å². The number of imidazole rings is 1. The van der Waals surface area contributed by atoms with E-state index in [9.17, 15) is 9.18 Å². The molecule has 11 heteroatoms. The molecule has 0 spiro atoms. The molecule has 1 amide bonds. The number of ether oxygens (including phenoxy) is 1. The van der Waals surface area contributed by atoms with Crippen molar-refractivity contribution in [1.82, 2.24) is 29.4 Å². The largest absolute Gasteiger partial charge is 0.378 e. The number of nitrogens with zero attached hydrogens (tertiary/aromatic N) is 8. The highest BCUT2D eigenvalue weighted by Crippen LogP contribution is 2.32. The van der Waals surface area contributed by atoms with E-state index in [4.69, 9.17) is 4.74 Å². The lowest BCUT2D eigenvalue weighted by atomic mass is 10.0. The Bertz CT molecular complexity index is 1400. The van der Waals surface area contributed by atoms with Crippen molar-refractivity contribution in [2.45, 2.75) is 6.54 Å². The van der Waals surface area contributed by atoms with Gasteiger partial charge in [-0.3, -0.25) is 4.79 Å². The summed E-state index contributed by atoms with van der Waals surface area (Å²) >= 11 is 0. The summed E-state index contributed by atoms with van der Waals surface area (Å²) in [4.78, 5) is 36.9. The minimum Gasteiger partial charge on any atom is -0.378 e. The minimum atomic E-state index is -0.314. The van der Waals surface area contributed by atoms with Crippen LogP contribution in [0.4, 0.5) is 16.0 Å². The number of amides is 1.